The molecular weight excluding hydrogens is 96.1 g/mol. The van der Waals surface area contributed by atoms with Crippen LogP contribution in [0.25, 0.3) is 0 Å². The molecule has 1 fully saturated rings. The average Bonchev–Trinajstić information content (AvgIpc) is 2.24. The summed E-state index contributed by atoms with van der Waals surface area (Å²) in [4.78, 5) is 0. The molecule has 1 aliphatic carbocycles. The van der Waals surface area contributed by atoms with Gasteiger partial charge in [0, 0.05) is 0 Å². The van der Waals surface area contributed by atoms with Gasteiger partial charge in [0.2, 0.25) is 0 Å². The molecule has 1 aliphatic rings. The van der Waals surface area contributed by atoms with Crippen molar-refractivity contribution in [1.82, 2.24) is 0 Å². The highest BCUT2D eigenvalue weighted by molar-refractivity contribution is 4.98. The molecule has 0 radical (unpaired) electrons. The molecule has 1 rings (SSSR count). The highest BCUT2D eigenvalue weighted by atomic mass is 14.1. The molecule has 0 aromatic carbocycles. The standard InChI is InChI=1S/C6H10.C2H6/c1-6-4-2-3-5-6;1-2/h1-5H2;1-2H3. The predicted octanol–water partition coefficient (Wildman–Crippen LogP) is 3.14. The summed E-state index contributed by atoms with van der Waals surface area (Å²) in [6.07, 6.45) is 5.36. The van der Waals surface area contributed by atoms with Gasteiger partial charge in [0.05, 0.1) is 0 Å². The highest BCUT2D eigenvalue weighted by Gasteiger charge is 2.01. The third-order valence-corrected chi connectivity index (χ3v) is 1.31. The van der Waals surface area contributed by atoms with Crippen LogP contribution in [0.4, 0.5) is 0 Å². The first-order valence-corrected chi connectivity index (χ1v) is 3.56. The molecule has 0 N–H and O–H groups in total. The Bertz CT molecular complexity index is 54.4. The van der Waals surface area contributed by atoms with Crippen LogP contribution in [0, 0.1) is 0 Å². The second kappa shape index (κ2) is 4.89. The maximum Gasteiger partial charge on any atom is -0.0323 e. The molecule has 0 amide bonds. The molecule has 0 heterocycles. The molecule has 0 aliphatic heterocycles. The van der Waals surface area contributed by atoms with Gasteiger partial charge in [-0.3, -0.25) is 0 Å². The molecule has 0 saturated heterocycles. The fourth-order valence-corrected chi connectivity index (χ4v) is 0.875. The van der Waals surface area contributed by atoms with Crippen molar-refractivity contribution in [2.75, 3.05) is 0 Å². The molecule has 48 valence electrons. The van der Waals surface area contributed by atoms with E-state index in [0.29, 0.717) is 0 Å². The smallest absolute Gasteiger partial charge is 0.0323 e. The van der Waals surface area contributed by atoms with Gasteiger partial charge in [0.15, 0.2) is 0 Å². The van der Waals surface area contributed by atoms with Crippen molar-refractivity contribution >= 4 is 0 Å². The van der Waals surface area contributed by atoms with Crippen LogP contribution in [-0.4, -0.2) is 0 Å². The van der Waals surface area contributed by atoms with Crippen LogP contribution in [0.1, 0.15) is 39.5 Å². The Morgan fingerprint density at radius 1 is 1.12 bits per heavy atom. The van der Waals surface area contributed by atoms with Crippen LogP contribution in [0.3, 0.4) is 0 Å². The second-order valence-corrected chi connectivity index (χ2v) is 1.96. The van der Waals surface area contributed by atoms with Crippen LogP contribution < -0.4 is 0 Å². The van der Waals surface area contributed by atoms with E-state index < -0.39 is 0 Å². The van der Waals surface area contributed by atoms with Crippen molar-refractivity contribution in [3.05, 3.63) is 12.2 Å². The van der Waals surface area contributed by atoms with Gasteiger partial charge in [-0.2, -0.15) is 0 Å². The zero-order chi connectivity index (χ0) is 6.41. The minimum Gasteiger partial charge on any atom is -0.0999 e. The molecule has 0 bridgehead atoms. The first-order valence-electron chi connectivity index (χ1n) is 3.56. The van der Waals surface area contributed by atoms with Crippen LogP contribution in [0.15, 0.2) is 12.2 Å². The second-order valence-electron chi connectivity index (χ2n) is 1.96. The topological polar surface area (TPSA) is 0 Å². The van der Waals surface area contributed by atoms with Crippen LogP contribution >= 0.6 is 0 Å². The van der Waals surface area contributed by atoms with Crippen LogP contribution in [-0.2, 0) is 0 Å². The number of rotatable bonds is 0. The first kappa shape index (κ1) is 7.74. The van der Waals surface area contributed by atoms with E-state index in [4.69, 9.17) is 0 Å². The third-order valence-electron chi connectivity index (χ3n) is 1.31. The summed E-state index contributed by atoms with van der Waals surface area (Å²) in [6, 6.07) is 0. The van der Waals surface area contributed by atoms with Crippen LogP contribution in [0.5, 0.6) is 0 Å². The number of hydrogen-bond donors (Lipinski definition) is 0. The molecule has 0 unspecified atom stereocenters. The van der Waals surface area contributed by atoms with E-state index in [1.54, 1.807) is 0 Å². The number of allylic oxidation sites excluding steroid dienone is 1. The van der Waals surface area contributed by atoms with E-state index in [1.165, 1.54) is 31.3 Å². The van der Waals surface area contributed by atoms with Gasteiger partial charge in [-0.05, 0) is 25.7 Å². The normalized spacial score (nSPS) is 17.5. The van der Waals surface area contributed by atoms with Crippen LogP contribution in [0.2, 0.25) is 0 Å². The van der Waals surface area contributed by atoms with E-state index in [1.807, 2.05) is 13.8 Å². The zero-order valence-corrected chi connectivity index (χ0v) is 6.04. The monoisotopic (exact) mass is 112 g/mol. The van der Waals surface area contributed by atoms with Gasteiger partial charge in [-0.1, -0.05) is 26.0 Å². The van der Waals surface area contributed by atoms with E-state index in [2.05, 4.69) is 6.58 Å². The summed E-state index contributed by atoms with van der Waals surface area (Å²) < 4.78 is 0. The maximum atomic E-state index is 3.85. The Morgan fingerprint density at radius 2 is 1.50 bits per heavy atom. The Morgan fingerprint density at radius 3 is 1.62 bits per heavy atom. The Kier molecular flexibility index (Phi) is 4.73. The van der Waals surface area contributed by atoms with E-state index in [0.717, 1.165) is 0 Å². The molecule has 0 aromatic heterocycles. The largest absolute Gasteiger partial charge is 0.0999 e. The first-order chi connectivity index (χ1) is 3.89. The van der Waals surface area contributed by atoms with Gasteiger partial charge in [-0.15, -0.1) is 0 Å². The Balaban J connectivity index is 0.000000222. The minimum absolute atomic E-state index is 1.29. The van der Waals surface area contributed by atoms with Gasteiger partial charge < -0.3 is 0 Å². The lowest BCUT2D eigenvalue weighted by atomic mass is 10.3. The fourth-order valence-electron chi connectivity index (χ4n) is 0.875. The van der Waals surface area contributed by atoms with Gasteiger partial charge in [0.25, 0.3) is 0 Å². The molecule has 0 heteroatoms. The maximum absolute atomic E-state index is 3.85. The third kappa shape index (κ3) is 2.84. The highest BCUT2D eigenvalue weighted by Crippen LogP contribution is 2.20. The quantitative estimate of drug-likeness (QED) is 0.422. The van der Waals surface area contributed by atoms with Crippen molar-refractivity contribution < 1.29 is 0 Å². The van der Waals surface area contributed by atoms with Crippen molar-refractivity contribution in [3.63, 3.8) is 0 Å². The van der Waals surface area contributed by atoms with Gasteiger partial charge in [0.1, 0.15) is 0 Å². The van der Waals surface area contributed by atoms with E-state index in [-0.39, 0.29) is 0 Å². The molecule has 8 heavy (non-hydrogen) atoms. The minimum atomic E-state index is 1.29. The lowest BCUT2D eigenvalue weighted by Gasteiger charge is -1.80. The Hall–Kier alpha value is -0.260. The molecule has 1 saturated carbocycles. The van der Waals surface area contributed by atoms with E-state index >= 15 is 0 Å². The molecular formula is C8H16. The predicted molar refractivity (Wildman–Crippen MR) is 39.0 cm³/mol. The SMILES string of the molecule is C=C1CCCC1.CC. The van der Waals surface area contributed by atoms with Gasteiger partial charge in [-0.25, -0.2) is 0 Å². The Labute approximate surface area is 52.6 Å². The molecule has 0 aromatic rings. The van der Waals surface area contributed by atoms with Crippen molar-refractivity contribution in [2.45, 2.75) is 39.5 Å². The van der Waals surface area contributed by atoms with Crippen molar-refractivity contribution in [2.24, 2.45) is 0 Å². The lowest BCUT2D eigenvalue weighted by Crippen LogP contribution is -1.59. The van der Waals surface area contributed by atoms with Gasteiger partial charge >= 0.3 is 0 Å². The summed E-state index contributed by atoms with van der Waals surface area (Å²) in [5.74, 6) is 0. The summed E-state index contributed by atoms with van der Waals surface area (Å²) in [6.45, 7) is 7.85. The number of hydrogen-bond acceptors (Lipinski definition) is 0. The summed E-state index contributed by atoms with van der Waals surface area (Å²) in [5, 5.41) is 0. The molecule has 0 spiro atoms. The lowest BCUT2D eigenvalue weighted by molar-refractivity contribution is 0.886. The average molecular weight is 112 g/mol. The van der Waals surface area contributed by atoms with Crippen molar-refractivity contribution in [3.8, 4) is 0 Å². The summed E-state index contributed by atoms with van der Waals surface area (Å²) in [5.41, 5.74) is 1.45. The molecule has 0 atom stereocenters. The van der Waals surface area contributed by atoms with Crippen molar-refractivity contribution in [1.29, 1.82) is 0 Å². The van der Waals surface area contributed by atoms with E-state index in [9.17, 15) is 0 Å². The summed E-state index contributed by atoms with van der Waals surface area (Å²) >= 11 is 0. The zero-order valence-electron chi connectivity index (χ0n) is 6.04. The molecule has 0 nitrogen and oxygen atoms in total. The summed E-state index contributed by atoms with van der Waals surface area (Å²) in [7, 11) is 0. The fraction of sp³-hybridized carbons (Fsp3) is 0.750.